The summed E-state index contributed by atoms with van der Waals surface area (Å²) in [6, 6.07) is 8.10. The van der Waals surface area contributed by atoms with Crippen molar-refractivity contribution in [1.82, 2.24) is 0 Å². The predicted octanol–water partition coefficient (Wildman–Crippen LogP) is 4.60. The van der Waals surface area contributed by atoms with Crippen LogP contribution in [0.5, 0.6) is 5.75 Å². The molecule has 0 amide bonds. The summed E-state index contributed by atoms with van der Waals surface area (Å²) in [5.74, 6) is 0.908. The van der Waals surface area contributed by atoms with E-state index in [1.165, 1.54) is 24.8 Å². The van der Waals surface area contributed by atoms with Crippen molar-refractivity contribution in [3.63, 3.8) is 0 Å². The van der Waals surface area contributed by atoms with E-state index < -0.39 is 5.60 Å². The third kappa shape index (κ3) is 8.66. The van der Waals surface area contributed by atoms with Gasteiger partial charge in [-0.25, -0.2) is 0 Å². The molecule has 0 bridgehead atoms. The molecule has 0 spiro atoms. The van der Waals surface area contributed by atoms with E-state index in [1.807, 2.05) is 32.0 Å². The van der Waals surface area contributed by atoms with Gasteiger partial charge < -0.3 is 9.84 Å². The van der Waals surface area contributed by atoms with Crippen molar-refractivity contribution in [1.29, 1.82) is 0 Å². The molecule has 0 heterocycles. The number of aliphatic hydroxyl groups is 1. The maximum Gasteiger partial charge on any atom is 0.122 e. The van der Waals surface area contributed by atoms with Crippen LogP contribution in [0.1, 0.15) is 59.4 Å². The Morgan fingerprint density at radius 3 is 2.32 bits per heavy atom. The normalized spacial score (nSPS) is 10.6. The molecule has 0 aliphatic heterocycles. The average Bonchev–Trinajstić information content (AvgIpc) is 2.39. The Bertz CT molecular complexity index is 326. The first-order chi connectivity index (χ1) is 9.03. The lowest BCUT2D eigenvalue weighted by atomic mass is 10.1. The monoisotopic (exact) mass is 266 g/mol. The maximum atomic E-state index is 9.66. The van der Waals surface area contributed by atoms with Crippen LogP contribution in [0, 0.1) is 0 Å². The number of aryl methyl sites for hydroxylation is 1. The Morgan fingerprint density at radius 2 is 1.74 bits per heavy atom. The van der Waals surface area contributed by atoms with Gasteiger partial charge >= 0.3 is 0 Å². The van der Waals surface area contributed by atoms with Crippen LogP contribution < -0.4 is 4.74 Å². The van der Waals surface area contributed by atoms with Crippen LogP contribution in [0.25, 0.3) is 0 Å². The average molecular weight is 266 g/mol. The molecule has 0 aliphatic carbocycles. The fourth-order valence-corrected chi connectivity index (χ4v) is 1.67. The lowest BCUT2D eigenvalue weighted by molar-refractivity contribution is 0.0281. The number of hydrogen-bond acceptors (Lipinski definition) is 2. The van der Waals surface area contributed by atoms with Gasteiger partial charge in [0.2, 0.25) is 0 Å². The molecule has 110 valence electrons. The van der Waals surface area contributed by atoms with Gasteiger partial charge in [-0.3, -0.25) is 0 Å². The molecule has 1 aromatic rings. The summed E-state index contributed by atoms with van der Waals surface area (Å²) < 4.78 is 5.68. The van der Waals surface area contributed by atoms with Crippen LogP contribution >= 0.6 is 0 Å². The number of unbranched alkanes of at least 4 members (excludes halogenated alkanes) is 2. The molecule has 0 atom stereocenters. The van der Waals surface area contributed by atoms with Gasteiger partial charge in [0.25, 0.3) is 0 Å². The largest absolute Gasteiger partial charge is 0.490 e. The third-order valence-electron chi connectivity index (χ3n) is 2.60. The minimum atomic E-state index is -0.781. The van der Waals surface area contributed by atoms with Crippen molar-refractivity contribution in [3.8, 4) is 5.75 Å². The van der Waals surface area contributed by atoms with Gasteiger partial charge in [0.15, 0.2) is 0 Å². The second kappa shape index (κ2) is 9.85. The zero-order valence-corrected chi connectivity index (χ0v) is 13.2. The summed E-state index contributed by atoms with van der Waals surface area (Å²) in [5.41, 5.74) is 0.460. The third-order valence-corrected chi connectivity index (χ3v) is 2.60. The van der Waals surface area contributed by atoms with E-state index in [1.54, 1.807) is 13.8 Å². The van der Waals surface area contributed by atoms with Crippen LogP contribution in [0.15, 0.2) is 24.3 Å². The molecular formula is C17H30O2. The molecule has 1 aromatic carbocycles. The molecule has 0 fully saturated rings. The molecule has 1 rings (SSSR count). The SMILES string of the molecule is CC.CCCCCc1ccccc1OCC(C)(C)O. The van der Waals surface area contributed by atoms with Gasteiger partial charge in [-0.1, -0.05) is 51.8 Å². The Balaban J connectivity index is 0.00000154. The van der Waals surface area contributed by atoms with Gasteiger partial charge in [0, 0.05) is 0 Å². The van der Waals surface area contributed by atoms with Crippen molar-refractivity contribution >= 4 is 0 Å². The Hall–Kier alpha value is -1.02. The Labute approximate surface area is 118 Å². The van der Waals surface area contributed by atoms with Crippen molar-refractivity contribution in [3.05, 3.63) is 29.8 Å². The first-order valence-corrected chi connectivity index (χ1v) is 7.46. The van der Waals surface area contributed by atoms with Crippen molar-refractivity contribution in [2.24, 2.45) is 0 Å². The summed E-state index contributed by atoms with van der Waals surface area (Å²) in [4.78, 5) is 0. The van der Waals surface area contributed by atoms with Crippen LogP contribution in [-0.2, 0) is 6.42 Å². The van der Waals surface area contributed by atoms with Gasteiger partial charge in [-0.05, 0) is 38.3 Å². The number of rotatable bonds is 7. The quantitative estimate of drug-likeness (QED) is 0.731. The molecule has 0 radical (unpaired) electrons. The maximum absolute atomic E-state index is 9.66. The highest BCUT2D eigenvalue weighted by atomic mass is 16.5. The summed E-state index contributed by atoms with van der Waals surface area (Å²) in [6.45, 7) is 10.0. The van der Waals surface area contributed by atoms with Crippen molar-refractivity contribution < 1.29 is 9.84 Å². The minimum Gasteiger partial charge on any atom is -0.490 e. The molecule has 0 saturated heterocycles. The number of hydrogen-bond donors (Lipinski definition) is 1. The lowest BCUT2D eigenvalue weighted by Crippen LogP contribution is -2.28. The van der Waals surface area contributed by atoms with Crippen LogP contribution in [0.3, 0.4) is 0 Å². The number of para-hydroxylation sites is 1. The molecule has 0 aliphatic rings. The molecule has 2 heteroatoms. The van der Waals surface area contributed by atoms with Crippen LogP contribution in [-0.4, -0.2) is 17.3 Å². The van der Waals surface area contributed by atoms with E-state index in [-0.39, 0.29) is 0 Å². The topological polar surface area (TPSA) is 29.5 Å². The summed E-state index contributed by atoms with van der Waals surface area (Å²) in [5, 5.41) is 9.66. The second-order valence-corrected chi connectivity index (χ2v) is 5.17. The molecule has 0 unspecified atom stereocenters. The zero-order valence-electron chi connectivity index (χ0n) is 13.2. The molecule has 1 N–H and O–H groups in total. The fraction of sp³-hybridized carbons (Fsp3) is 0.647. The summed E-state index contributed by atoms with van der Waals surface area (Å²) in [7, 11) is 0. The van der Waals surface area contributed by atoms with Gasteiger partial charge in [0.05, 0.1) is 5.60 Å². The van der Waals surface area contributed by atoms with Crippen LogP contribution in [0.2, 0.25) is 0 Å². The zero-order chi connectivity index (χ0) is 14.7. The Kier molecular flexibility index (Phi) is 9.32. The van der Waals surface area contributed by atoms with Gasteiger partial charge in [-0.2, -0.15) is 0 Å². The standard InChI is InChI=1S/C15H24O2.C2H6/c1-4-5-6-9-13-10-7-8-11-14(13)17-12-15(2,3)16;1-2/h7-8,10-11,16H,4-6,9,12H2,1-3H3;1-2H3. The summed E-state index contributed by atoms with van der Waals surface area (Å²) >= 11 is 0. The Morgan fingerprint density at radius 1 is 1.11 bits per heavy atom. The number of ether oxygens (including phenoxy) is 1. The lowest BCUT2D eigenvalue weighted by Gasteiger charge is -2.19. The van der Waals surface area contributed by atoms with Crippen molar-refractivity contribution in [2.75, 3.05) is 6.61 Å². The van der Waals surface area contributed by atoms with E-state index in [9.17, 15) is 5.11 Å². The minimum absolute atomic E-state index is 0.331. The summed E-state index contributed by atoms with van der Waals surface area (Å²) in [6.07, 6.45) is 4.72. The van der Waals surface area contributed by atoms with Crippen molar-refractivity contribution in [2.45, 2.75) is 65.9 Å². The van der Waals surface area contributed by atoms with E-state index in [2.05, 4.69) is 13.0 Å². The predicted molar refractivity (Wildman–Crippen MR) is 82.8 cm³/mol. The molecule has 0 saturated carbocycles. The van der Waals surface area contributed by atoms with E-state index in [0.29, 0.717) is 6.61 Å². The molecule has 19 heavy (non-hydrogen) atoms. The first-order valence-electron chi connectivity index (χ1n) is 7.46. The number of benzene rings is 1. The molecule has 0 aromatic heterocycles. The highest BCUT2D eigenvalue weighted by molar-refractivity contribution is 5.33. The highest BCUT2D eigenvalue weighted by Crippen LogP contribution is 2.21. The smallest absolute Gasteiger partial charge is 0.122 e. The second-order valence-electron chi connectivity index (χ2n) is 5.17. The highest BCUT2D eigenvalue weighted by Gasteiger charge is 2.14. The first kappa shape index (κ1) is 18.0. The van der Waals surface area contributed by atoms with Gasteiger partial charge in [-0.15, -0.1) is 0 Å². The van der Waals surface area contributed by atoms with Gasteiger partial charge in [0.1, 0.15) is 12.4 Å². The molecule has 2 nitrogen and oxygen atoms in total. The van der Waals surface area contributed by atoms with E-state index in [0.717, 1.165) is 12.2 Å². The van der Waals surface area contributed by atoms with E-state index >= 15 is 0 Å². The fourth-order valence-electron chi connectivity index (χ4n) is 1.67. The van der Waals surface area contributed by atoms with E-state index in [4.69, 9.17) is 4.74 Å². The molecular weight excluding hydrogens is 236 g/mol. The van der Waals surface area contributed by atoms with Crippen LogP contribution in [0.4, 0.5) is 0 Å².